The van der Waals surface area contributed by atoms with Crippen LogP contribution in [0.4, 0.5) is 18.9 Å². The third-order valence-corrected chi connectivity index (χ3v) is 6.72. The molecule has 1 amide bonds. The fourth-order valence-electron chi connectivity index (χ4n) is 4.76. The SMILES string of the molecule is C[C@]1(c2cnn(C(F)F)c2)C[C@H](C(=O)Nc2cnc(-n3nccn3)c(Cl)c2)c2cnc3cc(F)nn3c21. The van der Waals surface area contributed by atoms with Crippen molar-refractivity contribution in [1.29, 1.82) is 0 Å². The Morgan fingerprint density at radius 3 is 2.65 bits per heavy atom. The summed E-state index contributed by atoms with van der Waals surface area (Å²) in [5.74, 6) is -1.66. The molecule has 5 aromatic heterocycles. The Bertz CT molecular complexity index is 1650. The molecule has 0 bridgehead atoms. The van der Waals surface area contributed by atoms with E-state index in [1.54, 1.807) is 6.92 Å². The molecule has 188 valence electrons. The van der Waals surface area contributed by atoms with Gasteiger partial charge in [0.15, 0.2) is 11.5 Å². The van der Waals surface area contributed by atoms with Crippen molar-refractivity contribution < 1.29 is 18.0 Å². The summed E-state index contributed by atoms with van der Waals surface area (Å²) in [6, 6.07) is 2.66. The van der Waals surface area contributed by atoms with Gasteiger partial charge in [0.25, 0.3) is 0 Å². The molecule has 2 atom stereocenters. The summed E-state index contributed by atoms with van der Waals surface area (Å²) in [6.45, 7) is -1.07. The summed E-state index contributed by atoms with van der Waals surface area (Å²) < 4.78 is 42.5. The number of rotatable bonds is 5. The van der Waals surface area contributed by atoms with Gasteiger partial charge in [-0.15, -0.1) is 9.90 Å². The first-order valence-corrected chi connectivity index (χ1v) is 11.3. The van der Waals surface area contributed by atoms with E-state index in [9.17, 15) is 18.0 Å². The lowest BCUT2D eigenvalue weighted by atomic mass is 9.80. The monoisotopic (exact) mass is 528 g/mol. The molecule has 5 aromatic rings. The van der Waals surface area contributed by atoms with Crippen molar-refractivity contribution in [1.82, 2.24) is 44.4 Å². The molecule has 0 aromatic carbocycles. The lowest BCUT2D eigenvalue weighted by Gasteiger charge is -2.24. The van der Waals surface area contributed by atoms with Crippen LogP contribution in [0.5, 0.6) is 0 Å². The summed E-state index contributed by atoms with van der Waals surface area (Å²) in [5.41, 5.74) is 0.918. The van der Waals surface area contributed by atoms with E-state index in [1.807, 2.05) is 0 Å². The fraction of sp³-hybridized carbons (Fsp3) is 0.227. The zero-order valence-electron chi connectivity index (χ0n) is 18.9. The second kappa shape index (κ2) is 8.37. The van der Waals surface area contributed by atoms with E-state index in [0.29, 0.717) is 27.2 Å². The van der Waals surface area contributed by atoms with E-state index in [-0.39, 0.29) is 22.9 Å². The van der Waals surface area contributed by atoms with Crippen LogP contribution < -0.4 is 5.32 Å². The number of anilines is 1. The molecule has 0 radical (unpaired) electrons. The quantitative estimate of drug-likeness (QED) is 0.370. The predicted octanol–water partition coefficient (Wildman–Crippen LogP) is 3.52. The highest BCUT2D eigenvalue weighted by Crippen LogP contribution is 2.50. The molecule has 0 saturated carbocycles. The number of alkyl halides is 2. The zero-order chi connectivity index (χ0) is 25.9. The Morgan fingerprint density at radius 1 is 1.16 bits per heavy atom. The first-order valence-electron chi connectivity index (χ1n) is 10.9. The van der Waals surface area contributed by atoms with Crippen molar-refractivity contribution in [3.05, 3.63) is 77.1 Å². The van der Waals surface area contributed by atoms with E-state index >= 15 is 0 Å². The highest BCUT2D eigenvalue weighted by Gasteiger charge is 2.48. The van der Waals surface area contributed by atoms with Crippen LogP contribution in [0.2, 0.25) is 5.02 Å². The van der Waals surface area contributed by atoms with Gasteiger partial charge in [-0.25, -0.2) is 19.2 Å². The fourth-order valence-corrected chi connectivity index (χ4v) is 5.00. The number of halogens is 4. The smallest absolute Gasteiger partial charge is 0.324 e. The third kappa shape index (κ3) is 3.71. The molecule has 0 fully saturated rings. The number of nitrogens with one attached hydrogen (secondary N) is 1. The Hall–Kier alpha value is -4.33. The summed E-state index contributed by atoms with van der Waals surface area (Å²) in [4.78, 5) is 23.2. The lowest BCUT2D eigenvalue weighted by molar-refractivity contribution is -0.117. The minimum Gasteiger partial charge on any atom is -0.324 e. The number of carbonyl (C=O) groups is 1. The van der Waals surface area contributed by atoms with Gasteiger partial charge in [-0.2, -0.15) is 28.5 Å². The summed E-state index contributed by atoms with van der Waals surface area (Å²) in [6.07, 6.45) is 8.54. The second-order valence-corrected chi connectivity index (χ2v) is 9.12. The van der Waals surface area contributed by atoms with Gasteiger partial charge in [0, 0.05) is 35.0 Å². The summed E-state index contributed by atoms with van der Waals surface area (Å²) in [5, 5.41) is 18.6. The molecule has 0 saturated heterocycles. The lowest BCUT2D eigenvalue weighted by Crippen LogP contribution is -2.25. The minimum absolute atomic E-state index is 0.168. The van der Waals surface area contributed by atoms with Gasteiger partial charge in [0.1, 0.15) is 0 Å². The zero-order valence-corrected chi connectivity index (χ0v) is 19.7. The largest absolute Gasteiger partial charge is 0.333 e. The number of amides is 1. The van der Waals surface area contributed by atoms with Gasteiger partial charge >= 0.3 is 6.55 Å². The second-order valence-electron chi connectivity index (χ2n) is 8.71. The third-order valence-electron chi connectivity index (χ3n) is 6.44. The molecular weight excluding hydrogens is 513 g/mol. The van der Waals surface area contributed by atoms with Crippen LogP contribution in [0.1, 0.15) is 42.6 Å². The van der Waals surface area contributed by atoms with Gasteiger partial charge in [0.2, 0.25) is 11.9 Å². The van der Waals surface area contributed by atoms with Crippen molar-refractivity contribution in [3.8, 4) is 5.82 Å². The first kappa shape index (κ1) is 23.1. The van der Waals surface area contributed by atoms with E-state index < -0.39 is 29.7 Å². The van der Waals surface area contributed by atoms with E-state index in [4.69, 9.17) is 11.6 Å². The number of aromatic nitrogens is 9. The van der Waals surface area contributed by atoms with Gasteiger partial charge in [-0.3, -0.25) is 4.79 Å². The first-order chi connectivity index (χ1) is 17.7. The van der Waals surface area contributed by atoms with Crippen LogP contribution in [-0.2, 0) is 10.2 Å². The average molecular weight is 529 g/mol. The maximum atomic E-state index is 14.1. The Kier molecular flexibility index (Phi) is 5.22. The van der Waals surface area contributed by atoms with Crippen LogP contribution in [0, 0.1) is 5.95 Å². The normalized spacial score (nSPS) is 19.0. The summed E-state index contributed by atoms with van der Waals surface area (Å²) >= 11 is 6.32. The topological polar surface area (TPSA) is 121 Å². The number of nitrogens with zero attached hydrogens (tertiary/aromatic N) is 9. The average Bonchev–Trinajstić information content (AvgIpc) is 3.64. The van der Waals surface area contributed by atoms with Crippen LogP contribution in [0.25, 0.3) is 11.5 Å². The van der Waals surface area contributed by atoms with Crippen LogP contribution in [0.15, 0.2) is 49.3 Å². The number of carbonyl (C=O) groups excluding carboxylic acids is 1. The van der Waals surface area contributed by atoms with Crippen molar-refractivity contribution in [2.24, 2.45) is 0 Å². The standard InChI is InChI=1S/C22H16ClF3N10O/c1-22(11-7-31-34(10-11)21(25)26)6-13(14-9-27-17-5-16(24)33-35(17)18(14)22)20(37)32-12-4-15(23)19(28-8-12)36-29-2-3-30-36/h2-5,7-10,13,21H,6H2,1H3,(H,32,37)/t13-,22+/m0/s1. The molecule has 6 rings (SSSR count). The number of hydrogen-bond donors (Lipinski definition) is 1. The Morgan fingerprint density at radius 2 is 1.95 bits per heavy atom. The molecule has 37 heavy (non-hydrogen) atoms. The van der Waals surface area contributed by atoms with E-state index in [2.05, 4.69) is 35.7 Å². The molecule has 5 heterocycles. The van der Waals surface area contributed by atoms with Crippen LogP contribution in [0.3, 0.4) is 0 Å². The predicted molar refractivity (Wildman–Crippen MR) is 123 cm³/mol. The highest BCUT2D eigenvalue weighted by molar-refractivity contribution is 6.32. The van der Waals surface area contributed by atoms with Crippen molar-refractivity contribution in [2.75, 3.05) is 5.32 Å². The van der Waals surface area contributed by atoms with Crippen molar-refractivity contribution in [3.63, 3.8) is 0 Å². The van der Waals surface area contributed by atoms with Gasteiger partial charge in [-0.05, 0) is 19.4 Å². The molecule has 15 heteroatoms. The Balaban J connectivity index is 1.38. The molecule has 0 unspecified atom stereocenters. The molecular formula is C22H16ClF3N10O. The molecule has 1 aliphatic rings. The molecule has 1 N–H and O–H groups in total. The molecule has 0 spiro atoms. The number of fused-ring (bicyclic) bond motifs is 3. The highest BCUT2D eigenvalue weighted by atomic mass is 35.5. The van der Waals surface area contributed by atoms with Crippen LogP contribution >= 0.6 is 11.6 Å². The maximum Gasteiger partial charge on any atom is 0.333 e. The van der Waals surface area contributed by atoms with Crippen molar-refractivity contribution in [2.45, 2.75) is 31.2 Å². The van der Waals surface area contributed by atoms with Gasteiger partial charge < -0.3 is 5.32 Å². The van der Waals surface area contributed by atoms with Crippen molar-refractivity contribution >= 4 is 28.8 Å². The van der Waals surface area contributed by atoms with Gasteiger partial charge in [0.05, 0.1) is 47.1 Å². The molecule has 0 aliphatic heterocycles. The number of hydrogen-bond acceptors (Lipinski definition) is 7. The van der Waals surface area contributed by atoms with E-state index in [1.165, 1.54) is 52.6 Å². The van der Waals surface area contributed by atoms with E-state index in [0.717, 1.165) is 6.07 Å². The maximum absolute atomic E-state index is 14.1. The molecule has 1 aliphatic carbocycles. The number of pyridine rings is 1. The van der Waals surface area contributed by atoms with Gasteiger partial charge in [-0.1, -0.05) is 11.6 Å². The van der Waals surface area contributed by atoms with Crippen LogP contribution in [-0.4, -0.2) is 50.3 Å². The summed E-state index contributed by atoms with van der Waals surface area (Å²) in [7, 11) is 0. The Labute approximate surface area is 210 Å². The minimum atomic E-state index is -2.84. The molecule has 11 nitrogen and oxygen atoms in total.